The molecule has 0 bridgehead atoms. The summed E-state index contributed by atoms with van der Waals surface area (Å²) in [6.45, 7) is 2.17. The average molecular weight is 645 g/mol. The van der Waals surface area contributed by atoms with Crippen molar-refractivity contribution >= 4 is 76.4 Å². The molecule has 0 atom stereocenters. The molecule has 0 aliphatic carbocycles. The lowest BCUT2D eigenvalue weighted by Crippen LogP contribution is -2.38. The summed E-state index contributed by atoms with van der Waals surface area (Å²) in [4.78, 5) is 13.6. The topological polar surface area (TPSA) is 29.1 Å². The lowest BCUT2D eigenvalue weighted by molar-refractivity contribution is 0.0968. The number of benzene rings is 4. The zero-order valence-corrected chi connectivity index (χ0v) is 24.8. The first-order chi connectivity index (χ1) is 17.2. The number of amides is 1. The minimum atomic E-state index is -2.41. The molecule has 0 unspecified atom stereocenters. The fraction of sp³-hybridized carbons (Fsp3) is 0.100. The lowest BCUT2D eigenvalue weighted by atomic mass is 10.2. The number of halogens is 2. The van der Waals surface area contributed by atoms with E-state index in [9.17, 15) is 4.79 Å². The van der Waals surface area contributed by atoms with Gasteiger partial charge in [0.1, 0.15) is 15.9 Å². The summed E-state index contributed by atoms with van der Waals surface area (Å²) in [6.07, 6.45) is 1.05. The molecule has 0 fully saturated rings. The number of carbonyl (C=O) groups excluding carboxylic acids is 1. The molecule has 0 heterocycles. The Morgan fingerprint density at radius 2 is 1.22 bits per heavy atom. The van der Waals surface area contributed by atoms with E-state index in [0.29, 0.717) is 10.6 Å². The zero-order chi connectivity index (χ0) is 24.5. The van der Waals surface area contributed by atoms with Gasteiger partial charge in [-0.2, -0.15) is 0 Å². The largest absolute Gasteiger partial charge is 0.292 e. The fourth-order valence-electron chi connectivity index (χ4n) is 4.06. The van der Waals surface area contributed by atoms with Crippen LogP contribution >= 0.6 is 54.6 Å². The summed E-state index contributed by atoms with van der Waals surface area (Å²) < 4.78 is 0. The molecule has 0 saturated heterocycles. The van der Waals surface area contributed by atoms with Crippen molar-refractivity contribution in [3.63, 3.8) is 0 Å². The van der Waals surface area contributed by atoms with Crippen LogP contribution in [0.3, 0.4) is 0 Å². The number of carbonyl (C=O) groups is 1. The van der Waals surface area contributed by atoms with Gasteiger partial charge in [-0.15, -0.1) is 35.7 Å². The van der Waals surface area contributed by atoms with Gasteiger partial charge < -0.3 is 0 Å². The van der Waals surface area contributed by atoms with Crippen LogP contribution in [-0.4, -0.2) is 11.7 Å². The highest BCUT2D eigenvalue weighted by Gasteiger charge is 2.50. The molecular formula is C30H29ClINOPS+. The Labute approximate surface area is 240 Å². The second-order valence-electron chi connectivity index (χ2n) is 8.01. The number of nitrogens with one attached hydrogen (secondary N) is 1. The van der Waals surface area contributed by atoms with Crippen LogP contribution in [-0.2, 0) is 0 Å². The molecule has 184 valence electrons. The zero-order valence-electron chi connectivity index (χ0n) is 20.0. The first-order valence-corrected chi connectivity index (χ1v) is 14.8. The fourth-order valence-corrected chi connectivity index (χ4v) is 9.47. The average Bonchev–Trinajstić information content (AvgIpc) is 2.91. The van der Waals surface area contributed by atoms with Gasteiger partial charge in [-0.3, -0.25) is 10.1 Å². The van der Waals surface area contributed by atoms with Gasteiger partial charge in [0.15, 0.2) is 12.7 Å². The van der Waals surface area contributed by atoms with E-state index in [2.05, 4.69) is 90.4 Å². The van der Waals surface area contributed by atoms with E-state index in [1.807, 2.05) is 18.2 Å². The van der Waals surface area contributed by atoms with Crippen molar-refractivity contribution in [1.29, 1.82) is 0 Å². The van der Waals surface area contributed by atoms with Crippen LogP contribution in [0.4, 0.5) is 0 Å². The summed E-state index contributed by atoms with van der Waals surface area (Å²) in [5.41, 5.74) is 1.51. The molecule has 0 aliphatic heterocycles. The third-order valence-corrected chi connectivity index (χ3v) is 11.3. The van der Waals surface area contributed by atoms with Crippen LogP contribution < -0.4 is 21.2 Å². The quantitative estimate of drug-likeness (QED) is 0.115. The standard InChI is InChI=1S/C30H27ClNOPS.HI/c1-2-22-35-23-29(32-30(33)24-18-20-25(31)21-19-24)34(26-12-6-3-7-13-26,27-14-8-4-9-15-27)28-16-10-5-11-17-28;/h3-21,23H,2,22H2,1H3;1H/p+1/b29-23+;. The molecule has 4 aromatic rings. The van der Waals surface area contributed by atoms with E-state index in [4.69, 9.17) is 11.6 Å². The predicted molar refractivity (Wildman–Crippen MR) is 170 cm³/mol. The van der Waals surface area contributed by atoms with Crippen LogP contribution in [0.2, 0.25) is 5.02 Å². The van der Waals surface area contributed by atoms with Crippen molar-refractivity contribution in [2.75, 3.05) is 5.75 Å². The summed E-state index contributed by atoms with van der Waals surface area (Å²) in [5, 5.41) is 9.70. The van der Waals surface area contributed by atoms with Crippen LogP contribution in [0, 0.1) is 0 Å². The van der Waals surface area contributed by atoms with Gasteiger partial charge in [0.25, 0.3) is 5.91 Å². The van der Waals surface area contributed by atoms with Crippen LogP contribution in [0.5, 0.6) is 0 Å². The number of hydrogen-bond acceptors (Lipinski definition) is 2. The molecule has 4 rings (SSSR count). The Balaban J connectivity index is 0.00000361. The minimum Gasteiger partial charge on any atom is -0.292 e. The molecule has 1 N–H and O–H groups in total. The van der Waals surface area contributed by atoms with E-state index >= 15 is 0 Å². The molecule has 1 amide bonds. The SMILES string of the molecule is CCCS/C=C(\NC(=O)c1ccc(Cl)cc1)[P+](c1ccccc1)(c1ccccc1)c1ccccc1.I. The van der Waals surface area contributed by atoms with E-state index < -0.39 is 7.26 Å². The van der Waals surface area contributed by atoms with Crippen molar-refractivity contribution in [2.24, 2.45) is 0 Å². The summed E-state index contributed by atoms with van der Waals surface area (Å²) >= 11 is 7.82. The maximum atomic E-state index is 13.6. The third kappa shape index (κ3) is 6.41. The van der Waals surface area contributed by atoms with E-state index in [1.54, 1.807) is 36.0 Å². The first kappa shape index (κ1) is 28.5. The van der Waals surface area contributed by atoms with E-state index in [0.717, 1.165) is 17.6 Å². The molecule has 0 aromatic heterocycles. The van der Waals surface area contributed by atoms with E-state index in [1.165, 1.54) is 15.9 Å². The monoisotopic (exact) mass is 644 g/mol. The second-order valence-corrected chi connectivity index (χ2v) is 12.8. The van der Waals surface area contributed by atoms with Gasteiger partial charge in [0.05, 0.1) is 0 Å². The van der Waals surface area contributed by atoms with Crippen molar-refractivity contribution in [3.05, 3.63) is 137 Å². The van der Waals surface area contributed by atoms with Crippen molar-refractivity contribution in [3.8, 4) is 0 Å². The number of thioether (sulfide) groups is 1. The van der Waals surface area contributed by atoms with Gasteiger partial charge >= 0.3 is 0 Å². The Bertz CT molecular complexity index is 1170. The Kier molecular flexibility index (Phi) is 11.1. The maximum Gasteiger partial charge on any atom is 0.258 e. The molecule has 0 spiro atoms. The van der Waals surface area contributed by atoms with Crippen LogP contribution in [0.25, 0.3) is 0 Å². The Hall–Kier alpha value is -2.11. The highest BCUT2D eigenvalue weighted by molar-refractivity contribution is 14.0. The molecule has 0 radical (unpaired) electrons. The van der Waals surface area contributed by atoms with Crippen LogP contribution in [0.1, 0.15) is 23.7 Å². The van der Waals surface area contributed by atoms with Gasteiger partial charge in [0, 0.05) is 16.0 Å². The Morgan fingerprint density at radius 1 is 0.778 bits per heavy atom. The number of hydrogen-bond donors (Lipinski definition) is 1. The second kappa shape index (κ2) is 14.0. The molecule has 36 heavy (non-hydrogen) atoms. The van der Waals surface area contributed by atoms with Crippen molar-refractivity contribution in [1.82, 2.24) is 5.32 Å². The van der Waals surface area contributed by atoms with Crippen molar-refractivity contribution in [2.45, 2.75) is 13.3 Å². The van der Waals surface area contributed by atoms with Gasteiger partial charge in [-0.05, 0) is 72.8 Å². The maximum absolute atomic E-state index is 13.6. The highest BCUT2D eigenvalue weighted by Crippen LogP contribution is 2.61. The predicted octanol–water partition coefficient (Wildman–Crippen LogP) is 7.62. The molecule has 4 aromatic carbocycles. The summed E-state index contributed by atoms with van der Waals surface area (Å²) in [7, 11) is -2.41. The summed E-state index contributed by atoms with van der Waals surface area (Å²) in [6, 6.07) is 38.7. The Morgan fingerprint density at radius 3 is 1.64 bits per heavy atom. The van der Waals surface area contributed by atoms with Gasteiger partial charge in [0.2, 0.25) is 0 Å². The molecular weight excluding hydrogens is 616 g/mol. The smallest absolute Gasteiger partial charge is 0.258 e. The van der Waals surface area contributed by atoms with E-state index in [-0.39, 0.29) is 29.9 Å². The molecule has 2 nitrogen and oxygen atoms in total. The normalized spacial score (nSPS) is 11.4. The van der Waals surface area contributed by atoms with Crippen LogP contribution in [0.15, 0.2) is 126 Å². The van der Waals surface area contributed by atoms with Gasteiger partial charge in [-0.1, -0.05) is 73.1 Å². The molecule has 0 saturated carbocycles. The third-order valence-electron chi connectivity index (χ3n) is 5.66. The highest BCUT2D eigenvalue weighted by atomic mass is 127. The first-order valence-electron chi connectivity index (χ1n) is 11.6. The number of rotatable bonds is 9. The lowest BCUT2D eigenvalue weighted by Gasteiger charge is -2.29. The molecule has 0 aliphatic rings. The van der Waals surface area contributed by atoms with Gasteiger partial charge in [-0.25, -0.2) is 0 Å². The summed E-state index contributed by atoms with van der Waals surface area (Å²) in [5.74, 6) is 0.829. The minimum absolute atomic E-state index is 0. The molecule has 6 heteroatoms. The van der Waals surface area contributed by atoms with Crippen molar-refractivity contribution < 1.29 is 4.79 Å².